The predicted octanol–water partition coefficient (Wildman–Crippen LogP) is 5.27. The number of anilines is 1. The van der Waals surface area contributed by atoms with Gasteiger partial charge in [0.15, 0.2) is 0 Å². The highest BCUT2D eigenvalue weighted by atomic mass is 79.9. The van der Waals surface area contributed by atoms with Crippen LogP contribution in [0.5, 0.6) is 0 Å². The van der Waals surface area contributed by atoms with Gasteiger partial charge in [-0.25, -0.2) is 4.39 Å². The lowest BCUT2D eigenvalue weighted by Gasteiger charge is -2.24. The molecule has 0 saturated heterocycles. The van der Waals surface area contributed by atoms with Crippen LogP contribution in [-0.2, 0) is 6.54 Å². The van der Waals surface area contributed by atoms with E-state index < -0.39 is 0 Å². The molecule has 2 rings (SSSR count). The van der Waals surface area contributed by atoms with Crippen molar-refractivity contribution in [2.75, 3.05) is 11.4 Å². The molecule has 0 atom stereocenters. The Balaban J connectivity index is 2.27. The van der Waals surface area contributed by atoms with Crippen molar-refractivity contribution in [3.63, 3.8) is 0 Å². The first-order chi connectivity index (χ1) is 9.10. The second-order valence-electron chi connectivity index (χ2n) is 4.24. The number of hydrogen-bond acceptors (Lipinski definition) is 1. The second-order valence-corrected chi connectivity index (χ2v) is 5.59. The van der Waals surface area contributed by atoms with Crippen LogP contribution in [0.25, 0.3) is 0 Å². The molecular weight excluding hydrogens is 329 g/mol. The van der Waals surface area contributed by atoms with E-state index in [9.17, 15) is 4.39 Å². The number of rotatable bonds is 4. The highest BCUT2D eigenvalue weighted by Gasteiger charge is 2.11. The molecule has 2 aromatic rings. The van der Waals surface area contributed by atoms with Crippen LogP contribution >= 0.6 is 27.5 Å². The maximum Gasteiger partial charge on any atom is 0.146 e. The third kappa shape index (κ3) is 3.71. The van der Waals surface area contributed by atoms with Crippen LogP contribution in [0.3, 0.4) is 0 Å². The monoisotopic (exact) mass is 341 g/mol. The van der Waals surface area contributed by atoms with E-state index in [2.05, 4.69) is 15.9 Å². The molecule has 0 spiro atoms. The number of hydrogen-bond donors (Lipinski definition) is 0. The van der Waals surface area contributed by atoms with Gasteiger partial charge in [0.25, 0.3) is 0 Å². The highest BCUT2D eigenvalue weighted by Crippen LogP contribution is 2.25. The van der Waals surface area contributed by atoms with Gasteiger partial charge in [-0.1, -0.05) is 39.7 Å². The molecular formula is C15H14BrClFN. The average Bonchev–Trinajstić information content (AvgIpc) is 2.39. The Morgan fingerprint density at radius 1 is 1.21 bits per heavy atom. The van der Waals surface area contributed by atoms with Crippen molar-refractivity contribution in [3.05, 3.63) is 63.3 Å². The zero-order chi connectivity index (χ0) is 13.8. The molecule has 0 aliphatic heterocycles. The molecule has 0 aliphatic carbocycles. The van der Waals surface area contributed by atoms with Crippen molar-refractivity contribution in [1.29, 1.82) is 0 Å². The van der Waals surface area contributed by atoms with E-state index >= 15 is 0 Å². The van der Waals surface area contributed by atoms with Crippen LogP contribution in [0.15, 0.2) is 46.9 Å². The molecule has 19 heavy (non-hydrogen) atoms. The van der Waals surface area contributed by atoms with Crippen molar-refractivity contribution in [1.82, 2.24) is 0 Å². The predicted molar refractivity (Wildman–Crippen MR) is 82.3 cm³/mol. The first-order valence-electron chi connectivity index (χ1n) is 6.04. The minimum absolute atomic E-state index is 0.249. The molecule has 0 unspecified atom stereocenters. The van der Waals surface area contributed by atoms with Gasteiger partial charge in [-0.3, -0.25) is 0 Å². The summed E-state index contributed by atoms with van der Waals surface area (Å²) in [7, 11) is 0. The van der Waals surface area contributed by atoms with Crippen LogP contribution in [-0.4, -0.2) is 6.54 Å². The minimum Gasteiger partial charge on any atom is -0.365 e. The quantitative estimate of drug-likeness (QED) is 0.732. The zero-order valence-corrected chi connectivity index (χ0v) is 12.9. The van der Waals surface area contributed by atoms with Gasteiger partial charge in [0, 0.05) is 22.6 Å². The third-order valence-electron chi connectivity index (χ3n) is 2.89. The van der Waals surface area contributed by atoms with E-state index in [0.29, 0.717) is 23.8 Å². The molecule has 0 radical (unpaired) electrons. The molecule has 0 heterocycles. The third-order valence-corrected chi connectivity index (χ3v) is 3.62. The van der Waals surface area contributed by atoms with Crippen LogP contribution in [0.4, 0.5) is 10.1 Å². The van der Waals surface area contributed by atoms with Crippen molar-refractivity contribution >= 4 is 33.2 Å². The fourth-order valence-corrected chi connectivity index (χ4v) is 2.56. The molecule has 100 valence electrons. The Morgan fingerprint density at radius 2 is 2.00 bits per heavy atom. The van der Waals surface area contributed by atoms with Gasteiger partial charge in [-0.2, -0.15) is 0 Å². The topological polar surface area (TPSA) is 3.24 Å². The van der Waals surface area contributed by atoms with Crippen molar-refractivity contribution in [2.45, 2.75) is 13.5 Å². The normalized spacial score (nSPS) is 10.5. The lowest BCUT2D eigenvalue weighted by atomic mass is 10.2. The zero-order valence-electron chi connectivity index (χ0n) is 10.5. The second kappa shape index (κ2) is 6.40. The summed E-state index contributed by atoms with van der Waals surface area (Å²) >= 11 is 9.39. The lowest BCUT2D eigenvalue weighted by Crippen LogP contribution is -2.23. The minimum atomic E-state index is -0.249. The molecule has 1 nitrogen and oxygen atoms in total. The summed E-state index contributed by atoms with van der Waals surface area (Å²) in [6, 6.07) is 12.6. The Morgan fingerprint density at radius 3 is 2.68 bits per heavy atom. The molecule has 0 aliphatic rings. The largest absolute Gasteiger partial charge is 0.365 e. The van der Waals surface area contributed by atoms with Crippen molar-refractivity contribution in [3.8, 4) is 0 Å². The molecule has 0 amide bonds. The summed E-state index contributed by atoms with van der Waals surface area (Å²) in [6.07, 6.45) is 0. The van der Waals surface area contributed by atoms with E-state index in [-0.39, 0.29) is 5.82 Å². The standard InChI is InChI=1S/C15H14BrClFN/c1-2-19(10-11-4-3-5-12(16)8-11)15-9-13(17)6-7-14(15)18/h3-9H,2,10H2,1H3. The van der Waals surface area contributed by atoms with E-state index in [1.807, 2.05) is 36.1 Å². The van der Waals surface area contributed by atoms with Crippen LogP contribution < -0.4 is 4.90 Å². The molecule has 0 N–H and O–H groups in total. The number of halogens is 3. The molecule has 0 aromatic heterocycles. The Labute approximate surface area is 126 Å². The van der Waals surface area contributed by atoms with Crippen LogP contribution in [0, 0.1) is 5.82 Å². The van der Waals surface area contributed by atoms with Gasteiger partial charge in [-0.05, 0) is 42.8 Å². The van der Waals surface area contributed by atoms with Gasteiger partial charge < -0.3 is 4.90 Å². The fraction of sp³-hybridized carbons (Fsp3) is 0.200. The van der Waals surface area contributed by atoms with E-state index in [0.717, 1.165) is 10.0 Å². The van der Waals surface area contributed by atoms with Crippen LogP contribution in [0.2, 0.25) is 5.02 Å². The summed E-state index contributed by atoms with van der Waals surface area (Å²) in [6.45, 7) is 3.36. The van der Waals surface area contributed by atoms with Gasteiger partial charge in [0.2, 0.25) is 0 Å². The Kier molecular flexibility index (Phi) is 4.83. The summed E-state index contributed by atoms with van der Waals surface area (Å²) < 4.78 is 14.9. The first kappa shape index (κ1) is 14.4. The van der Waals surface area contributed by atoms with Gasteiger partial charge >= 0.3 is 0 Å². The Hall–Kier alpha value is -1.06. The van der Waals surface area contributed by atoms with E-state index in [1.165, 1.54) is 6.07 Å². The molecule has 0 saturated carbocycles. The van der Waals surface area contributed by atoms with E-state index in [4.69, 9.17) is 11.6 Å². The Bertz CT molecular complexity index is 574. The van der Waals surface area contributed by atoms with Gasteiger partial charge in [0.05, 0.1) is 5.69 Å². The number of nitrogens with zero attached hydrogens (tertiary/aromatic N) is 1. The maximum absolute atomic E-state index is 13.9. The van der Waals surface area contributed by atoms with Crippen molar-refractivity contribution < 1.29 is 4.39 Å². The summed E-state index contributed by atoms with van der Waals surface area (Å²) in [5.74, 6) is -0.249. The summed E-state index contributed by atoms with van der Waals surface area (Å²) in [5, 5.41) is 0.545. The van der Waals surface area contributed by atoms with Gasteiger partial charge in [0.1, 0.15) is 5.82 Å². The SMILES string of the molecule is CCN(Cc1cccc(Br)c1)c1cc(Cl)ccc1F. The smallest absolute Gasteiger partial charge is 0.146 e. The molecule has 4 heteroatoms. The molecule has 0 fully saturated rings. The highest BCUT2D eigenvalue weighted by molar-refractivity contribution is 9.10. The van der Waals surface area contributed by atoms with Gasteiger partial charge in [-0.15, -0.1) is 0 Å². The van der Waals surface area contributed by atoms with E-state index in [1.54, 1.807) is 12.1 Å². The lowest BCUT2D eigenvalue weighted by molar-refractivity contribution is 0.618. The van der Waals surface area contributed by atoms with Crippen molar-refractivity contribution in [2.24, 2.45) is 0 Å². The van der Waals surface area contributed by atoms with Crippen LogP contribution in [0.1, 0.15) is 12.5 Å². The molecule has 0 bridgehead atoms. The number of benzene rings is 2. The molecule has 2 aromatic carbocycles. The fourth-order valence-electron chi connectivity index (χ4n) is 1.95. The average molecular weight is 343 g/mol. The summed E-state index contributed by atoms with van der Waals surface area (Å²) in [4.78, 5) is 1.96. The first-order valence-corrected chi connectivity index (χ1v) is 7.21. The summed E-state index contributed by atoms with van der Waals surface area (Å²) in [5.41, 5.74) is 1.66. The maximum atomic E-state index is 13.9.